The Morgan fingerprint density at radius 3 is 2.47 bits per heavy atom. The van der Waals surface area contributed by atoms with Gasteiger partial charge in [-0.1, -0.05) is 18.2 Å². The van der Waals surface area contributed by atoms with Crippen molar-refractivity contribution in [1.82, 2.24) is 10.3 Å². The number of aromatic amines is 1. The summed E-state index contributed by atoms with van der Waals surface area (Å²) in [4.78, 5) is 27.4. The molecule has 0 atom stereocenters. The number of amides is 1. The number of rotatable bonds is 9. The van der Waals surface area contributed by atoms with Crippen molar-refractivity contribution in [1.29, 1.82) is 0 Å². The van der Waals surface area contributed by atoms with Gasteiger partial charge in [-0.05, 0) is 61.7 Å². The molecule has 2 aromatic carbocycles. The number of para-hydroxylation sites is 1. The van der Waals surface area contributed by atoms with E-state index in [1.165, 1.54) is 0 Å². The Balaban J connectivity index is 1.69. The molecule has 3 aromatic rings. The highest BCUT2D eigenvalue weighted by atomic mass is 16.5. The van der Waals surface area contributed by atoms with Crippen LogP contribution < -0.4 is 10.1 Å². The molecule has 3 rings (SSSR count). The molecule has 0 aliphatic rings. The summed E-state index contributed by atoms with van der Waals surface area (Å²) in [5.74, 6) is 0.411. The minimum absolute atomic E-state index is 0.0849. The van der Waals surface area contributed by atoms with Gasteiger partial charge in [-0.2, -0.15) is 0 Å². The Morgan fingerprint density at radius 2 is 1.77 bits per heavy atom. The number of hydrogen-bond donors (Lipinski definition) is 2. The average Bonchev–Trinajstić information content (AvgIpc) is 3.10. The number of aryl methyl sites for hydroxylation is 1. The van der Waals surface area contributed by atoms with E-state index in [1.807, 2.05) is 42.5 Å². The molecule has 6 nitrogen and oxygen atoms in total. The lowest BCUT2D eigenvalue weighted by atomic mass is 10.0. The Hall–Kier alpha value is -3.28. The van der Waals surface area contributed by atoms with E-state index in [0.29, 0.717) is 12.8 Å². The van der Waals surface area contributed by atoms with Crippen LogP contribution in [0, 0.1) is 0 Å². The third-order valence-electron chi connectivity index (χ3n) is 4.81. The second-order valence-electron chi connectivity index (χ2n) is 7.39. The molecule has 0 spiro atoms. The fraction of sp³-hybridized carbons (Fsp3) is 0.333. The molecular formula is C24H28N2O4. The van der Waals surface area contributed by atoms with Gasteiger partial charge in [0.1, 0.15) is 5.75 Å². The van der Waals surface area contributed by atoms with Crippen molar-refractivity contribution in [3.05, 3.63) is 54.1 Å². The van der Waals surface area contributed by atoms with Crippen LogP contribution in [0.25, 0.3) is 22.2 Å². The van der Waals surface area contributed by atoms with Gasteiger partial charge in [0.05, 0.1) is 19.6 Å². The van der Waals surface area contributed by atoms with Gasteiger partial charge in [-0.15, -0.1) is 0 Å². The standard InChI is InChI=1S/C24H28N2O4/c1-16(2)30-23(28)14-15-25-22(27)13-12-20-19-6-4-5-7-21(19)26-24(20)17-8-10-18(29-3)11-9-17/h4-11,16,26H,12-15H2,1-3H3,(H,25,27). The predicted molar refractivity (Wildman–Crippen MR) is 117 cm³/mol. The van der Waals surface area contributed by atoms with Gasteiger partial charge in [0.15, 0.2) is 0 Å². The lowest BCUT2D eigenvalue weighted by Gasteiger charge is -2.09. The third-order valence-corrected chi connectivity index (χ3v) is 4.81. The summed E-state index contributed by atoms with van der Waals surface area (Å²) in [5.41, 5.74) is 4.19. The van der Waals surface area contributed by atoms with Crippen molar-refractivity contribution in [3.63, 3.8) is 0 Å². The van der Waals surface area contributed by atoms with Crippen molar-refractivity contribution >= 4 is 22.8 Å². The molecule has 0 fully saturated rings. The molecular weight excluding hydrogens is 380 g/mol. The number of nitrogens with one attached hydrogen (secondary N) is 2. The fourth-order valence-corrected chi connectivity index (χ4v) is 3.42. The highest BCUT2D eigenvalue weighted by molar-refractivity contribution is 5.91. The summed E-state index contributed by atoms with van der Waals surface area (Å²) >= 11 is 0. The van der Waals surface area contributed by atoms with Crippen LogP contribution in [0.1, 0.15) is 32.3 Å². The molecule has 0 unspecified atom stereocenters. The van der Waals surface area contributed by atoms with Crippen LogP contribution in [0.15, 0.2) is 48.5 Å². The van der Waals surface area contributed by atoms with E-state index in [4.69, 9.17) is 9.47 Å². The first-order valence-electron chi connectivity index (χ1n) is 10.2. The Kier molecular flexibility index (Phi) is 7.12. The molecule has 1 aromatic heterocycles. The predicted octanol–water partition coefficient (Wildman–Crippen LogP) is 4.23. The molecule has 0 saturated carbocycles. The van der Waals surface area contributed by atoms with Gasteiger partial charge in [-0.25, -0.2) is 0 Å². The first-order valence-corrected chi connectivity index (χ1v) is 10.2. The maximum atomic E-state index is 12.3. The smallest absolute Gasteiger partial charge is 0.307 e. The maximum absolute atomic E-state index is 12.3. The SMILES string of the molecule is COc1ccc(-c2[nH]c3ccccc3c2CCC(=O)NCCC(=O)OC(C)C)cc1. The number of carbonyl (C=O) groups is 2. The second kappa shape index (κ2) is 9.96. The van der Waals surface area contributed by atoms with Gasteiger partial charge in [0.2, 0.25) is 5.91 Å². The summed E-state index contributed by atoms with van der Waals surface area (Å²) in [5, 5.41) is 3.91. The minimum Gasteiger partial charge on any atom is -0.497 e. The van der Waals surface area contributed by atoms with Crippen LogP contribution in [0.3, 0.4) is 0 Å². The van der Waals surface area contributed by atoms with Crippen molar-refractivity contribution in [3.8, 4) is 17.0 Å². The van der Waals surface area contributed by atoms with E-state index in [9.17, 15) is 9.59 Å². The molecule has 0 aliphatic heterocycles. The van der Waals surface area contributed by atoms with Crippen LogP contribution in [-0.4, -0.2) is 36.6 Å². The summed E-state index contributed by atoms with van der Waals surface area (Å²) < 4.78 is 10.3. The van der Waals surface area contributed by atoms with Gasteiger partial charge >= 0.3 is 5.97 Å². The summed E-state index contributed by atoms with van der Waals surface area (Å²) in [6.07, 6.45) is 0.956. The molecule has 158 valence electrons. The van der Waals surface area contributed by atoms with Crippen molar-refractivity contribution < 1.29 is 19.1 Å². The van der Waals surface area contributed by atoms with Gasteiger partial charge in [0, 0.05) is 29.6 Å². The highest BCUT2D eigenvalue weighted by Crippen LogP contribution is 2.32. The van der Waals surface area contributed by atoms with Crippen molar-refractivity contribution in [2.45, 2.75) is 39.2 Å². The molecule has 6 heteroatoms. The van der Waals surface area contributed by atoms with Crippen LogP contribution in [0.2, 0.25) is 0 Å². The number of benzene rings is 2. The molecule has 0 radical (unpaired) electrons. The van der Waals surface area contributed by atoms with E-state index in [0.717, 1.165) is 33.5 Å². The average molecular weight is 408 g/mol. The monoisotopic (exact) mass is 408 g/mol. The first-order chi connectivity index (χ1) is 14.5. The van der Waals surface area contributed by atoms with Gasteiger partial charge < -0.3 is 19.8 Å². The third kappa shape index (κ3) is 5.41. The fourth-order valence-electron chi connectivity index (χ4n) is 3.42. The summed E-state index contributed by atoms with van der Waals surface area (Å²) in [6, 6.07) is 15.9. The quantitative estimate of drug-likeness (QED) is 0.519. The summed E-state index contributed by atoms with van der Waals surface area (Å²) in [7, 11) is 1.64. The normalized spacial score (nSPS) is 10.9. The van der Waals surface area contributed by atoms with E-state index in [-0.39, 0.29) is 30.9 Å². The number of H-pyrrole nitrogens is 1. The largest absolute Gasteiger partial charge is 0.497 e. The van der Waals surface area contributed by atoms with E-state index < -0.39 is 0 Å². The van der Waals surface area contributed by atoms with E-state index >= 15 is 0 Å². The molecule has 1 amide bonds. The summed E-state index contributed by atoms with van der Waals surface area (Å²) in [6.45, 7) is 3.89. The number of ether oxygens (including phenoxy) is 2. The van der Waals surface area contributed by atoms with Gasteiger partial charge in [0.25, 0.3) is 0 Å². The van der Waals surface area contributed by atoms with Crippen molar-refractivity contribution in [2.75, 3.05) is 13.7 Å². The molecule has 0 saturated heterocycles. The topological polar surface area (TPSA) is 80.4 Å². The van der Waals surface area contributed by atoms with Crippen molar-refractivity contribution in [2.24, 2.45) is 0 Å². The molecule has 0 aliphatic carbocycles. The molecule has 1 heterocycles. The second-order valence-corrected chi connectivity index (χ2v) is 7.39. The van der Waals surface area contributed by atoms with Crippen LogP contribution >= 0.6 is 0 Å². The number of aromatic nitrogens is 1. The van der Waals surface area contributed by atoms with Crippen LogP contribution in [-0.2, 0) is 20.7 Å². The maximum Gasteiger partial charge on any atom is 0.307 e. The number of fused-ring (bicyclic) bond motifs is 1. The number of esters is 1. The molecule has 2 N–H and O–H groups in total. The highest BCUT2D eigenvalue weighted by Gasteiger charge is 2.15. The van der Waals surface area contributed by atoms with Crippen LogP contribution in [0.4, 0.5) is 0 Å². The van der Waals surface area contributed by atoms with E-state index in [1.54, 1.807) is 21.0 Å². The number of carbonyl (C=O) groups excluding carboxylic acids is 2. The zero-order valence-electron chi connectivity index (χ0n) is 17.7. The van der Waals surface area contributed by atoms with Gasteiger partial charge in [-0.3, -0.25) is 9.59 Å². The zero-order valence-corrected chi connectivity index (χ0v) is 17.7. The lowest BCUT2D eigenvalue weighted by Crippen LogP contribution is -2.27. The van der Waals surface area contributed by atoms with Crippen LogP contribution in [0.5, 0.6) is 5.75 Å². The Morgan fingerprint density at radius 1 is 1.03 bits per heavy atom. The van der Waals surface area contributed by atoms with E-state index in [2.05, 4.69) is 16.4 Å². The number of methoxy groups -OCH3 is 1. The molecule has 30 heavy (non-hydrogen) atoms. The Labute approximate surface area is 176 Å². The lowest BCUT2D eigenvalue weighted by molar-refractivity contribution is -0.147. The number of hydrogen-bond acceptors (Lipinski definition) is 4. The first kappa shape index (κ1) is 21.4. The zero-order chi connectivity index (χ0) is 21.5. The molecule has 0 bridgehead atoms. The Bertz CT molecular complexity index is 1010. The minimum atomic E-state index is -0.302.